The van der Waals surface area contributed by atoms with E-state index < -0.39 is 11.7 Å². The van der Waals surface area contributed by atoms with Crippen molar-refractivity contribution in [3.8, 4) is 5.75 Å². The molecule has 5 heteroatoms. The van der Waals surface area contributed by atoms with E-state index in [1.54, 1.807) is 37.6 Å². The van der Waals surface area contributed by atoms with Crippen molar-refractivity contribution in [2.45, 2.75) is 32.8 Å². The van der Waals surface area contributed by atoms with Crippen molar-refractivity contribution in [1.82, 2.24) is 4.90 Å². The van der Waals surface area contributed by atoms with E-state index >= 15 is 0 Å². The van der Waals surface area contributed by atoms with Crippen LogP contribution in [0.2, 0.25) is 0 Å². The molecule has 5 nitrogen and oxygen atoms in total. The Morgan fingerprint density at radius 2 is 1.82 bits per heavy atom. The van der Waals surface area contributed by atoms with E-state index in [1.165, 1.54) is 4.90 Å². The van der Waals surface area contributed by atoms with Crippen molar-refractivity contribution in [3.63, 3.8) is 0 Å². The van der Waals surface area contributed by atoms with Crippen molar-refractivity contribution in [2.24, 2.45) is 0 Å². The molecule has 0 saturated heterocycles. The molecule has 0 saturated carbocycles. The van der Waals surface area contributed by atoms with Crippen molar-refractivity contribution < 1.29 is 19.1 Å². The molecular formula is C17H21NO4. The van der Waals surface area contributed by atoms with Crippen LogP contribution in [0.5, 0.6) is 5.75 Å². The molecule has 0 unspecified atom stereocenters. The average Bonchev–Trinajstić information content (AvgIpc) is 2.46. The summed E-state index contributed by atoms with van der Waals surface area (Å²) in [5, 5.41) is 0. The van der Waals surface area contributed by atoms with Gasteiger partial charge in [-0.15, -0.1) is 0 Å². The second kappa shape index (κ2) is 6.22. The Morgan fingerprint density at radius 1 is 1.18 bits per heavy atom. The number of allylic oxidation sites excluding steroid dienone is 1. The number of hydrogen-bond donors (Lipinski definition) is 0. The molecule has 0 bridgehead atoms. The van der Waals surface area contributed by atoms with E-state index in [-0.39, 0.29) is 12.2 Å². The third kappa shape index (κ3) is 3.87. The first-order chi connectivity index (χ1) is 10.3. The minimum absolute atomic E-state index is 0.0185. The fraction of sp³-hybridized carbons (Fsp3) is 0.412. The van der Waals surface area contributed by atoms with Gasteiger partial charge in [0.25, 0.3) is 0 Å². The molecule has 1 aromatic carbocycles. The smallest absolute Gasteiger partial charge is 0.414 e. The molecule has 0 spiro atoms. The zero-order chi connectivity index (χ0) is 16.3. The quantitative estimate of drug-likeness (QED) is 0.841. The van der Waals surface area contributed by atoms with Crippen LogP contribution in [0.4, 0.5) is 4.79 Å². The summed E-state index contributed by atoms with van der Waals surface area (Å²) in [5.41, 5.74) is 0.714. The van der Waals surface area contributed by atoms with Crippen molar-refractivity contribution in [3.05, 3.63) is 36.0 Å². The maximum atomic E-state index is 12.1. The maximum absolute atomic E-state index is 12.1. The zero-order valence-electron chi connectivity index (χ0n) is 13.4. The van der Waals surface area contributed by atoms with E-state index in [0.29, 0.717) is 12.1 Å². The Morgan fingerprint density at radius 3 is 2.36 bits per heavy atom. The van der Waals surface area contributed by atoms with E-state index in [1.807, 2.05) is 20.8 Å². The summed E-state index contributed by atoms with van der Waals surface area (Å²) in [6, 6.07) is 7.19. The normalized spacial score (nSPS) is 15.4. The maximum Gasteiger partial charge on any atom is 0.414 e. The number of ether oxygens (including phenoxy) is 2. The molecule has 1 aliphatic heterocycles. The fourth-order valence-electron chi connectivity index (χ4n) is 2.12. The molecule has 1 aliphatic rings. The number of rotatable bonds is 2. The van der Waals surface area contributed by atoms with Gasteiger partial charge in [-0.25, -0.2) is 4.79 Å². The molecule has 1 aromatic rings. The van der Waals surface area contributed by atoms with Gasteiger partial charge in [-0.3, -0.25) is 9.69 Å². The van der Waals surface area contributed by atoms with Gasteiger partial charge in [0.2, 0.25) is 0 Å². The molecule has 118 valence electrons. The zero-order valence-corrected chi connectivity index (χ0v) is 13.4. The highest BCUT2D eigenvalue weighted by atomic mass is 16.6. The van der Waals surface area contributed by atoms with Gasteiger partial charge in [0.05, 0.1) is 7.11 Å². The van der Waals surface area contributed by atoms with E-state index in [0.717, 1.165) is 11.3 Å². The lowest BCUT2D eigenvalue weighted by Gasteiger charge is -2.28. The van der Waals surface area contributed by atoms with Crippen molar-refractivity contribution >= 4 is 17.4 Å². The van der Waals surface area contributed by atoms with Crippen LogP contribution in [0.25, 0.3) is 5.57 Å². The predicted octanol–water partition coefficient (Wildman–Crippen LogP) is 3.25. The van der Waals surface area contributed by atoms with Crippen LogP contribution >= 0.6 is 0 Å². The van der Waals surface area contributed by atoms with Gasteiger partial charge < -0.3 is 9.47 Å². The van der Waals surface area contributed by atoms with Gasteiger partial charge in [-0.2, -0.15) is 0 Å². The van der Waals surface area contributed by atoms with Crippen molar-refractivity contribution in [2.75, 3.05) is 13.7 Å². The number of ketones is 1. The Kier molecular flexibility index (Phi) is 4.54. The van der Waals surface area contributed by atoms with E-state index in [9.17, 15) is 9.59 Å². The Labute approximate surface area is 130 Å². The summed E-state index contributed by atoms with van der Waals surface area (Å²) < 4.78 is 10.5. The van der Waals surface area contributed by atoms with Gasteiger partial charge in [-0.05, 0) is 38.5 Å². The summed E-state index contributed by atoms with van der Waals surface area (Å²) in [4.78, 5) is 25.7. The summed E-state index contributed by atoms with van der Waals surface area (Å²) >= 11 is 0. The number of amides is 1. The third-order valence-corrected chi connectivity index (χ3v) is 3.19. The van der Waals surface area contributed by atoms with Crippen LogP contribution < -0.4 is 4.74 Å². The Bertz CT molecular complexity index is 596. The molecule has 1 amide bonds. The molecule has 0 radical (unpaired) electrons. The van der Waals surface area contributed by atoms with Crippen LogP contribution in [0.15, 0.2) is 30.5 Å². The fourth-order valence-corrected chi connectivity index (χ4v) is 2.12. The number of Topliss-reactive ketones (excluding diaryl/α,β-unsaturated/α-hetero) is 1. The molecule has 22 heavy (non-hydrogen) atoms. The largest absolute Gasteiger partial charge is 0.497 e. The minimum Gasteiger partial charge on any atom is -0.497 e. The Balaban J connectivity index is 2.24. The average molecular weight is 303 g/mol. The SMILES string of the molecule is COc1ccc(C2=CN(C(=O)OC(C)(C)C)CCC2=O)cc1. The number of benzene rings is 1. The van der Waals surface area contributed by atoms with Gasteiger partial charge >= 0.3 is 6.09 Å². The topological polar surface area (TPSA) is 55.8 Å². The number of carbonyl (C=O) groups excluding carboxylic acids is 2. The number of hydrogen-bond acceptors (Lipinski definition) is 4. The summed E-state index contributed by atoms with van der Waals surface area (Å²) in [7, 11) is 1.59. The predicted molar refractivity (Wildman–Crippen MR) is 83.5 cm³/mol. The van der Waals surface area contributed by atoms with Crippen LogP contribution in [-0.4, -0.2) is 36.0 Å². The monoisotopic (exact) mass is 303 g/mol. The highest BCUT2D eigenvalue weighted by Crippen LogP contribution is 2.25. The first kappa shape index (κ1) is 16.1. The molecule has 0 atom stereocenters. The first-order valence-electron chi connectivity index (χ1n) is 7.19. The highest BCUT2D eigenvalue weighted by molar-refractivity contribution is 6.21. The van der Waals surface area contributed by atoms with Gasteiger partial charge in [-0.1, -0.05) is 12.1 Å². The highest BCUT2D eigenvalue weighted by Gasteiger charge is 2.27. The second-order valence-corrected chi connectivity index (χ2v) is 6.12. The second-order valence-electron chi connectivity index (χ2n) is 6.12. The molecule has 0 N–H and O–H groups in total. The van der Waals surface area contributed by atoms with Gasteiger partial charge in [0.1, 0.15) is 11.4 Å². The summed E-state index contributed by atoms with van der Waals surface area (Å²) in [6.45, 7) is 5.78. The summed E-state index contributed by atoms with van der Waals surface area (Å²) in [5.74, 6) is 0.738. The van der Waals surface area contributed by atoms with Crippen LogP contribution in [-0.2, 0) is 9.53 Å². The standard InChI is InChI=1S/C17H21NO4/c1-17(2,3)22-16(20)18-10-9-15(19)14(11-18)12-5-7-13(21-4)8-6-12/h5-8,11H,9-10H2,1-4H3. The van der Waals surface area contributed by atoms with Crippen LogP contribution in [0.3, 0.4) is 0 Å². The van der Waals surface area contributed by atoms with Crippen molar-refractivity contribution in [1.29, 1.82) is 0 Å². The summed E-state index contributed by atoms with van der Waals surface area (Å²) in [6.07, 6.45) is 1.42. The molecule has 1 heterocycles. The molecule has 0 aliphatic carbocycles. The number of methoxy groups -OCH3 is 1. The number of nitrogens with zero attached hydrogens (tertiary/aromatic N) is 1. The molecule has 0 fully saturated rings. The minimum atomic E-state index is -0.563. The lowest BCUT2D eigenvalue weighted by Crippen LogP contribution is -2.37. The third-order valence-electron chi connectivity index (χ3n) is 3.19. The van der Waals surface area contributed by atoms with Crippen LogP contribution in [0, 0.1) is 0 Å². The lowest BCUT2D eigenvalue weighted by molar-refractivity contribution is -0.114. The Hall–Kier alpha value is -2.30. The molecule has 0 aromatic heterocycles. The first-order valence-corrected chi connectivity index (χ1v) is 7.19. The van der Waals surface area contributed by atoms with Gasteiger partial charge in [0.15, 0.2) is 5.78 Å². The molecular weight excluding hydrogens is 282 g/mol. The van der Waals surface area contributed by atoms with E-state index in [4.69, 9.17) is 9.47 Å². The lowest BCUT2D eigenvalue weighted by atomic mass is 9.98. The van der Waals surface area contributed by atoms with Crippen LogP contribution in [0.1, 0.15) is 32.8 Å². The van der Waals surface area contributed by atoms with Gasteiger partial charge in [0, 0.05) is 24.7 Å². The van der Waals surface area contributed by atoms with E-state index in [2.05, 4.69) is 0 Å². The molecule has 2 rings (SSSR count). The number of carbonyl (C=O) groups is 2.